The molecule has 0 heterocycles. The van der Waals surface area contributed by atoms with Gasteiger partial charge in [0.25, 0.3) is 5.69 Å². The van der Waals surface area contributed by atoms with Crippen LogP contribution < -0.4 is 17.0 Å². The zero-order chi connectivity index (χ0) is 10.6. The Kier molecular flexibility index (Phi) is 2.97. The summed E-state index contributed by atoms with van der Waals surface area (Å²) in [5.74, 6) is 5.02. The number of nitrogens with two attached hydrogens (primary N) is 2. The van der Waals surface area contributed by atoms with Crippen molar-refractivity contribution in [1.29, 1.82) is 0 Å². The number of nitro groups is 1. The molecular formula is C7H9N5O2. The lowest BCUT2D eigenvalue weighted by Crippen LogP contribution is -2.36. The monoisotopic (exact) mass is 195 g/mol. The molecule has 0 radical (unpaired) electrons. The van der Waals surface area contributed by atoms with Crippen LogP contribution in [0.25, 0.3) is 0 Å². The molecule has 0 bridgehead atoms. The van der Waals surface area contributed by atoms with Gasteiger partial charge in [-0.3, -0.25) is 15.5 Å². The van der Waals surface area contributed by atoms with E-state index in [4.69, 9.17) is 11.6 Å². The van der Waals surface area contributed by atoms with E-state index in [-0.39, 0.29) is 11.6 Å². The number of nitrogens with one attached hydrogen (secondary N) is 1. The van der Waals surface area contributed by atoms with Crippen LogP contribution in [-0.4, -0.2) is 10.9 Å². The lowest BCUT2D eigenvalue weighted by molar-refractivity contribution is -0.384. The highest BCUT2D eigenvalue weighted by molar-refractivity contribution is 5.80. The Bertz CT molecular complexity index is 359. The van der Waals surface area contributed by atoms with Crippen molar-refractivity contribution in [1.82, 2.24) is 5.43 Å². The lowest BCUT2D eigenvalue weighted by Gasteiger charge is -1.97. The summed E-state index contributed by atoms with van der Waals surface area (Å²) < 4.78 is 0. The summed E-state index contributed by atoms with van der Waals surface area (Å²) in [4.78, 5) is 13.6. The number of hydrogen-bond donors (Lipinski definition) is 3. The zero-order valence-corrected chi connectivity index (χ0v) is 7.18. The average molecular weight is 195 g/mol. The minimum absolute atomic E-state index is 0.00299. The summed E-state index contributed by atoms with van der Waals surface area (Å²) >= 11 is 0. The lowest BCUT2D eigenvalue weighted by atomic mass is 10.3. The van der Waals surface area contributed by atoms with Crippen molar-refractivity contribution in [2.45, 2.75) is 0 Å². The second-order valence-electron chi connectivity index (χ2n) is 2.41. The molecule has 0 aliphatic rings. The standard InChI is InChI=1S/C7H9N5O2/c8-7(11-9)10-5-1-3-6(4-2-5)12(13)14/h1-4H,9H2,(H3,8,10,11). The minimum Gasteiger partial charge on any atom is -0.369 e. The topological polar surface area (TPSA) is 120 Å². The van der Waals surface area contributed by atoms with E-state index in [0.717, 1.165) is 0 Å². The van der Waals surface area contributed by atoms with Crippen LogP contribution in [0.1, 0.15) is 0 Å². The number of hydrogen-bond acceptors (Lipinski definition) is 4. The molecule has 0 spiro atoms. The quantitative estimate of drug-likeness (QED) is 0.202. The summed E-state index contributed by atoms with van der Waals surface area (Å²) in [6, 6.07) is 5.62. The predicted octanol–water partition coefficient (Wildman–Crippen LogP) is 0.00430. The van der Waals surface area contributed by atoms with Crippen molar-refractivity contribution in [3.8, 4) is 0 Å². The van der Waals surface area contributed by atoms with Gasteiger partial charge in [0.1, 0.15) is 0 Å². The first-order chi connectivity index (χ1) is 6.63. The summed E-state index contributed by atoms with van der Waals surface area (Å²) in [6.45, 7) is 0. The molecule has 5 N–H and O–H groups in total. The molecule has 74 valence electrons. The largest absolute Gasteiger partial charge is 0.369 e. The second-order valence-corrected chi connectivity index (χ2v) is 2.41. The Hall–Kier alpha value is -2.15. The Morgan fingerprint density at radius 3 is 2.43 bits per heavy atom. The number of non-ortho nitro benzene ring substituents is 1. The van der Waals surface area contributed by atoms with Crippen LogP contribution in [-0.2, 0) is 0 Å². The van der Waals surface area contributed by atoms with Crippen molar-refractivity contribution in [2.75, 3.05) is 0 Å². The Labute approximate surface area is 79.5 Å². The smallest absolute Gasteiger partial charge is 0.269 e. The molecule has 1 aromatic carbocycles. The average Bonchev–Trinajstić information content (AvgIpc) is 2.18. The molecule has 0 unspecified atom stereocenters. The molecule has 0 aliphatic heterocycles. The SMILES string of the molecule is NNC(N)=Nc1ccc([N+](=O)[O-])cc1. The molecule has 14 heavy (non-hydrogen) atoms. The van der Waals surface area contributed by atoms with E-state index >= 15 is 0 Å². The number of benzene rings is 1. The number of nitrogens with zero attached hydrogens (tertiary/aromatic N) is 2. The molecule has 0 atom stereocenters. The van der Waals surface area contributed by atoms with E-state index in [0.29, 0.717) is 5.69 Å². The molecule has 7 heteroatoms. The van der Waals surface area contributed by atoms with Crippen LogP contribution in [0.5, 0.6) is 0 Å². The van der Waals surface area contributed by atoms with Gasteiger partial charge in [0.15, 0.2) is 0 Å². The van der Waals surface area contributed by atoms with E-state index in [1.165, 1.54) is 24.3 Å². The maximum absolute atomic E-state index is 10.3. The van der Waals surface area contributed by atoms with Crippen molar-refractivity contribution in [2.24, 2.45) is 16.6 Å². The highest BCUT2D eigenvalue weighted by atomic mass is 16.6. The predicted molar refractivity (Wildman–Crippen MR) is 51.7 cm³/mol. The zero-order valence-electron chi connectivity index (χ0n) is 7.18. The summed E-state index contributed by atoms with van der Waals surface area (Å²) in [5, 5.41) is 10.3. The molecule has 1 rings (SSSR count). The van der Waals surface area contributed by atoms with Gasteiger partial charge >= 0.3 is 0 Å². The second kappa shape index (κ2) is 4.19. The minimum atomic E-state index is -0.488. The fourth-order valence-corrected chi connectivity index (χ4v) is 0.820. The van der Waals surface area contributed by atoms with Gasteiger partial charge in [-0.05, 0) is 12.1 Å². The van der Waals surface area contributed by atoms with Crippen molar-refractivity contribution < 1.29 is 4.92 Å². The normalized spacial score (nSPS) is 11.1. The Morgan fingerprint density at radius 1 is 1.43 bits per heavy atom. The molecule has 0 fully saturated rings. The molecule has 1 aromatic rings. The van der Waals surface area contributed by atoms with E-state index < -0.39 is 4.92 Å². The van der Waals surface area contributed by atoms with Crippen LogP contribution in [0.2, 0.25) is 0 Å². The third kappa shape index (κ3) is 2.42. The number of aliphatic imine (C=N–C) groups is 1. The maximum atomic E-state index is 10.3. The first kappa shape index (κ1) is 9.93. The van der Waals surface area contributed by atoms with Gasteiger partial charge in [0.2, 0.25) is 5.96 Å². The van der Waals surface area contributed by atoms with Crippen LogP contribution in [0.3, 0.4) is 0 Å². The highest BCUT2D eigenvalue weighted by Crippen LogP contribution is 2.17. The van der Waals surface area contributed by atoms with Gasteiger partial charge in [0.05, 0.1) is 10.6 Å². The van der Waals surface area contributed by atoms with Crippen molar-refractivity contribution in [3.63, 3.8) is 0 Å². The number of rotatable bonds is 2. The molecular weight excluding hydrogens is 186 g/mol. The number of hydrazine groups is 1. The molecule has 0 amide bonds. The number of guanidine groups is 1. The molecule has 0 aliphatic carbocycles. The first-order valence-corrected chi connectivity index (χ1v) is 3.68. The Balaban J connectivity index is 2.89. The van der Waals surface area contributed by atoms with Crippen molar-refractivity contribution >= 4 is 17.3 Å². The van der Waals surface area contributed by atoms with Gasteiger partial charge in [0, 0.05) is 12.1 Å². The van der Waals surface area contributed by atoms with E-state index in [1.807, 2.05) is 0 Å². The maximum Gasteiger partial charge on any atom is 0.269 e. The summed E-state index contributed by atoms with van der Waals surface area (Å²) in [6.07, 6.45) is 0. The third-order valence-electron chi connectivity index (χ3n) is 1.46. The summed E-state index contributed by atoms with van der Waals surface area (Å²) in [7, 11) is 0. The van der Waals surface area contributed by atoms with Crippen LogP contribution >= 0.6 is 0 Å². The molecule has 0 saturated carbocycles. The Morgan fingerprint density at radius 2 is 2.00 bits per heavy atom. The van der Waals surface area contributed by atoms with Crippen LogP contribution in [0.4, 0.5) is 11.4 Å². The van der Waals surface area contributed by atoms with E-state index in [9.17, 15) is 10.1 Å². The summed E-state index contributed by atoms with van der Waals surface area (Å²) in [5.41, 5.74) is 7.92. The third-order valence-corrected chi connectivity index (χ3v) is 1.46. The van der Waals surface area contributed by atoms with Crippen LogP contribution in [0.15, 0.2) is 29.3 Å². The number of nitro benzene ring substituents is 1. The van der Waals surface area contributed by atoms with Gasteiger partial charge in [-0.15, -0.1) is 0 Å². The van der Waals surface area contributed by atoms with Gasteiger partial charge in [-0.25, -0.2) is 10.8 Å². The molecule has 0 aromatic heterocycles. The van der Waals surface area contributed by atoms with Gasteiger partial charge in [-0.1, -0.05) is 0 Å². The molecule has 0 saturated heterocycles. The first-order valence-electron chi connectivity index (χ1n) is 3.68. The molecule has 7 nitrogen and oxygen atoms in total. The fraction of sp³-hybridized carbons (Fsp3) is 0. The fourth-order valence-electron chi connectivity index (χ4n) is 0.820. The van der Waals surface area contributed by atoms with Crippen molar-refractivity contribution in [3.05, 3.63) is 34.4 Å². The van der Waals surface area contributed by atoms with Crippen LogP contribution in [0, 0.1) is 10.1 Å². The van der Waals surface area contributed by atoms with E-state index in [1.54, 1.807) is 0 Å². The highest BCUT2D eigenvalue weighted by Gasteiger charge is 2.02. The van der Waals surface area contributed by atoms with Gasteiger partial charge in [-0.2, -0.15) is 0 Å². The van der Waals surface area contributed by atoms with E-state index in [2.05, 4.69) is 10.4 Å². The van der Waals surface area contributed by atoms with Gasteiger partial charge < -0.3 is 5.73 Å².